The molecule has 0 aromatic rings. The molecule has 0 aromatic heterocycles. The summed E-state index contributed by atoms with van der Waals surface area (Å²) in [7, 11) is 1.28. The van der Waals surface area contributed by atoms with Gasteiger partial charge >= 0.3 is 0 Å². The third kappa shape index (κ3) is 3.63. The van der Waals surface area contributed by atoms with Gasteiger partial charge in [-0.25, -0.2) is 0 Å². The highest BCUT2D eigenvalue weighted by Gasteiger charge is 2.47. The molecule has 0 amide bonds. The molecule has 9 atom stereocenters. The lowest BCUT2D eigenvalue weighted by molar-refractivity contribution is -0.273. The van der Waals surface area contributed by atoms with E-state index in [9.17, 15) is 35.7 Å². The summed E-state index contributed by atoms with van der Waals surface area (Å²) in [6.45, 7) is -1.02. The Morgan fingerprint density at radius 2 is 1.71 bits per heavy atom. The van der Waals surface area contributed by atoms with Crippen molar-refractivity contribution < 1.29 is 45.2 Å². The van der Waals surface area contributed by atoms with Crippen LogP contribution >= 0.6 is 0 Å². The lowest BCUT2D eigenvalue weighted by atomic mass is 9.86. The van der Waals surface area contributed by atoms with Crippen LogP contribution in [-0.2, 0) is 9.47 Å². The Balaban J connectivity index is 2.19. The van der Waals surface area contributed by atoms with Gasteiger partial charge in [0.25, 0.3) is 0 Å². The van der Waals surface area contributed by atoms with Crippen LogP contribution in [0.5, 0.6) is 0 Å². The van der Waals surface area contributed by atoms with Crippen LogP contribution in [-0.4, -0.2) is 111 Å². The summed E-state index contributed by atoms with van der Waals surface area (Å²) in [5.74, 6) is 0. The second-order valence-corrected chi connectivity index (χ2v) is 5.99. The number of aliphatic hydroxyl groups excluding tert-OH is 7. The molecule has 1 fully saturated rings. The van der Waals surface area contributed by atoms with E-state index in [-0.39, 0.29) is 5.57 Å². The maximum atomic E-state index is 10.3. The van der Waals surface area contributed by atoms with Crippen molar-refractivity contribution in [1.29, 1.82) is 0 Å². The molecule has 1 saturated heterocycles. The van der Waals surface area contributed by atoms with Crippen molar-refractivity contribution in [3.8, 4) is 0 Å². The molecule has 0 bridgehead atoms. The van der Waals surface area contributed by atoms with Gasteiger partial charge in [0.2, 0.25) is 0 Å². The van der Waals surface area contributed by atoms with E-state index in [1.807, 2.05) is 0 Å². The highest BCUT2D eigenvalue weighted by molar-refractivity contribution is 5.22. The van der Waals surface area contributed by atoms with Crippen molar-refractivity contribution in [2.45, 2.75) is 55.0 Å². The van der Waals surface area contributed by atoms with Crippen molar-refractivity contribution in [2.75, 3.05) is 20.3 Å². The summed E-state index contributed by atoms with van der Waals surface area (Å²) in [6.07, 6.45) is -7.90. The maximum Gasteiger partial charge on any atom is 0.186 e. The first kappa shape index (κ1) is 19.7. The van der Waals surface area contributed by atoms with Gasteiger partial charge in [-0.05, 0) is 5.57 Å². The maximum absolute atomic E-state index is 10.3. The van der Waals surface area contributed by atoms with Crippen LogP contribution in [0.25, 0.3) is 0 Å². The molecule has 1 aliphatic heterocycles. The predicted octanol–water partition coefficient (Wildman–Crippen LogP) is -4.59. The summed E-state index contributed by atoms with van der Waals surface area (Å²) in [5.41, 5.74) is 0.104. The van der Waals surface area contributed by atoms with Crippen molar-refractivity contribution in [2.24, 2.45) is 0 Å². The van der Waals surface area contributed by atoms with Gasteiger partial charge in [-0.3, -0.25) is 0 Å². The first-order chi connectivity index (χ1) is 11.3. The third-order valence-corrected chi connectivity index (χ3v) is 4.50. The molecule has 2 aliphatic rings. The minimum absolute atomic E-state index is 0.104. The number of methoxy groups -OCH3 is 1. The molecular formula is C14H25NO9. The topological polar surface area (TPSA) is 172 Å². The molecule has 0 radical (unpaired) electrons. The summed E-state index contributed by atoms with van der Waals surface area (Å²) < 4.78 is 10.2. The molecule has 8 N–H and O–H groups in total. The summed E-state index contributed by atoms with van der Waals surface area (Å²) in [4.78, 5) is 0. The zero-order chi connectivity index (χ0) is 18.0. The number of hydrogen-bond acceptors (Lipinski definition) is 10. The lowest BCUT2D eigenvalue weighted by Crippen LogP contribution is -2.67. The highest BCUT2D eigenvalue weighted by atomic mass is 16.7. The number of rotatable bonds is 5. The Labute approximate surface area is 138 Å². The molecule has 10 nitrogen and oxygen atoms in total. The van der Waals surface area contributed by atoms with Crippen molar-refractivity contribution >= 4 is 0 Å². The fourth-order valence-electron chi connectivity index (χ4n) is 3.05. The van der Waals surface area contributed by atoms with Crippen molar-refractivity contribution in [3.63, 3.8) is 0 Å². The van der Waals surface area contributed by atoms with E-state index in [0.29, 0.717) is 0 Å². The van der Waals surface area contributed by atoms with Crippen LogP contribution in [0.3, 0.4) is 0 Å². The molecule has 1 heterocycles. The fraction of sp³-hybridized carbons (Fsp3) is 0.857. The molecule has 0 spiro atoms. The van der Waals surface area contributed by atoms with E-state index in [4.69, 9.17) is 9.47 Å². The molecule has 10 heteroatoms. The van der Waals surface area contributed by atoms with E-state index >= 15 is 0 Å². The van der Waals surface area contributed by atoms with Gasteiger partial charge in [-0.15, -0.1) is 0 Å². The first-order valence-electron chi connectivity index (χ1n) is 7.62. The van der Waals surface area contributed by atoms with Crippen LogP contribution in [0.1, 0.15) is 0 Å². The molecule has 2 rings (SSSR count). The predicted molar refractivity (Wildman–Crippen MR) is 78.7 cm³/mol. The quantitative estimate of drug-likeness (QED) is 0.225. The minimum Gasteiger partial charge on any atom is -0.394 e. The Morgan fingerprint density at radius 3 is 2.25 bits per heavy atom. The minimum atomic E-state index is -1.54. The standard InChI is InChI=1S/C14H25NO9/c1-23-14-13(22)11(20)8(7(4-17)24-14)15-6-2-5(3-16)9(18)12(21)10(6)19/h2,6-22H,3-4H2,1H3/t6?,7-,8?,9-,10+,11+,12?,13?,14?/m1/s1. The van der Waals surface area contributed by atoms with Gasteiger partial charge < -0.3 is 50.5 Å². The number of nitrogens with one attached hydrogen (secondary N) is 1. The Bertz CT molecular complexity index is 446. The van der Waals surface area contributed by atoms with Gasteiger partial charge in [0, 0.05) is 7.11 Å². The van der Waals surface area contributed by atoms with E-state index < -0.39 is 68.2 Å². The third-order valence-electron chi connectivity index (χ3n) is 4.50. The Kier molecular flexibility index (Phi) is 6.67. The van der Waals surface area contributed by atoms with E-state index in [2.05, 4.69) is 5.32 Å². The van der Waals surface area contributed by atoms with Crippen LogP contribution in [0, 0.1) is 0 Å². The number of aliphatic hydroxyl groups is 7. The Hall–Kier alpha value is -0.660. The summed E-state index contributed by atoms with van der Waals surface area (Å²) in [5, 5.41) is 71.4. The van der Waals surface area contributed by atoms with E-state index in [1.165, 1.54) is 13.2 Å². The Morgan fingerprint density at radius 1 is 1.04 bits per heavy atom. The summed E-state index contributed by atoms with van der Waals surface area (Å²) in [6, 6.07) is -1.94. The second kappa shape index (κ2) is 8.15. The molecule has 140 valence electrons. The van der Waals surface area contributed by atoms with Crippen molar-refractivity contribution in [1.82, 2.24) is 5.32 Å². The first-order valence-corrected chi connectivity index (χ1v) is 7.62. The number of hydrogen-bond donors (Lipinski definition) is 8. The van der Waals surface area contributed by atoms with Gasteiger partial charge in [-0.2, -0.15) is 0 Å². The van der Waals surface area contributed by atoms with Gasteiger partial charge in [-0.1, -0.05) is 6.08 Å². The van der Waals surface area contributed by atoms with E-state index in [0.717, 1.165) is 0 Å². The van der Waals surface area contributed by atoms with Crippen LogP contribution in [0.15, 0.2) is 11.6 Å². The molecule has 1 aliphatic carbocycles. The molecule has 24 heavy (non-hydrogen) atoms. The van der Waals surface area contributed by atoms with Crippen LogP contribution in [0.2, 0.25) is 0 Å². The van der Waals surface area contributed by atoms with E-state index in [1.54, 1.807) is 0 Å². The zero-order valence-electron chi connectivity index (χ0n) is 13.1. The monoisotopic (exact) mass is 351 g/mol. The number of ether oxygens (including phenoxy) is 2. The fourth-order valence-corrected chi connectivity index (χ4v) is 3.05. The molecule has 5 unspecified atom stereocenters. The normalized spacial score (nSPS) is 46.7. The molecular weight excluding hydrogens is 326 g/mol. The average molecular weight is 351 g/mol. The smallest absolute Gasteiger partial charge is 0.186 e. The van der Waals surface area contributed by atoms with Crippen LogP contribution in [0.4, 0.5) is 0 Å². The van der Waals surface area contributed by atoms with Gasteiger partial charge in [0.1, 0.15) is 36.6 Å². The van der Waals surface area contributed by atoms with Crippen LogP contribution < -0.4 is 5.32 Å². The SMILES string of the molecule is COC1O[C@H](CO)C(NC2C=C(CO)[C@@H](O)C(O)[C@H]2O)[C@H](O)C1O. The summed E-state index contributed by atoms with van der Waals surface area (Å²) >= 11 is 0. The van der Waals surface area contributed by atoms with Gasteiger partial charge in [0.05, 0.1) is 25.3 Å². The highest BCUT2D eigenvalue weighted by Crippen LogP contribution is 2.25. The zero-order valence-corrected chi connectivity index (χ0v) is 13.1. The average Bonchev–Trinajstić information content (AvgIpc) is 2.59. The van der Waals surface area contributed by atoms with Gasteiger partial charge in [0.15, 0.2) is 6.29 Å². The molecule has 0 aromatic carbocycles. The largest absolute Gasteiger partial charge is 0.394 e. The van der Waals surface area contributed by atoms with Crippen molar-refractivity contribution in [3.05, 3.63) is 11.6 Å². The molecule has 0 saturated carbocycles. The second-order valence-electron chi connectivity index (χ2n) is 5.99. The lowest BCUT2D eigenvalue weighted by Gasteiger charge is -2.44.